The number of carboxylic acids is 1. The van der Waals surface area contributed by atoms with Crippen molar-refractivity contribution in [3.63, 3.8) is 0 Å². The number of amides is 2. The highest BCUT2D eigenvalue weighted by Gasteiger charge is 2.33. The summed E-state index contributed by atoms with van der Waals surface area (Å²) in [6, 6.07) is -1.01. The third kappa shape index (κ3) is 10.8. The first-order valence-electron chi connectivity index (χ1n) is 6.06. The number of alkyl halides is 3. The highest BCUT2D eigenvalue weighted by atomic mass is 32.2. The predicted octanol–water partition coefficient (Wildman–Crippen LogP) is 2.18. The molecule has 0 aliphatic heterocycles. The summed E-state index contributed by atoms with van der Waals surface area (Å²) in [5, 5.41) is 10.8. The molecule has 20 heavy (non-hydrogen) atoms. The molecule has 118 valence electrons. The quantitative estimate of drug-likeness (QED) is 0.640. The SMILES string of the molecule is CSCCCCCNC(=O)N(CC(=O)O)CC(F)(F)F. The van der Waals surface area contributed by atoms with E-state index in [1.807, 2.05) is 6.26 Å². The number of aliphatic carboxylic acids is 1. The van der Waals surface area contributed by atoms with E-state index in [2.05, 4.69) is 5.32 Å². The largest absolute Gasteiger partial charge is 0.480 e. The third-order valence-corrected chi connectivity index (χ3v) is 2.98. The fourth-order valence-electron chi connectivity index (χ4n) is 1.43. The van der Waals surface area contributed by atoms with Gasteiger partial charge in [-0.1, -0.05) is 6.42 Å². The fraction of sp³-hybridized carbons (Fsp3) is 0.818. The van der Waals surface area contributed by atoms with E-state index in [1.165, 1.54) is 0 Å². The number of nitrogens with zero attached hydrogens (tertiary/aromatic N) is 1. The molecule has 0 aromatic heterocycles. The Balaban J connectivity index is 4.11. The highest BCUT2D eigenvalue weighted by molar-refractivity contribution is 7.98. The number of thioether (sulfide) groups is 1. The van der Waals surface area contributed by atoms with Crippen molar-refractivity contribution in [2.24, 2.45) is 0 Å². The van der Waals surface area contributed by atoms with Gasteiger partial charge in [0.2, 0.25) is 0 Å². The van der Waals surface area contributed by atoms with Crippen LogP contribution in [0.25, 0.3) is 0 Å². The molecular formula is C11H19F3N2O3S. The van der Waals surface area contributed by atoms with Crippen molar-refractivity contribution >= 4 is 23.8 Å². The molecule has 0 aromatic carbocycles. The van der Waals surface area contributed by atoms with E-state index < -0.39 is 31.3 Å². The molecule has 0 unspecified atom stereocenters. The van der Waals surface area contributed by atoms with E-state index in [9.17, 15) is 22.8 Å². The molecule has 0 saturated carbocycles. The first-order chi connectivity index (χ1) is 9.26. The standard InChI is InChI=1S/C11H19F3N2O3S/c1-20-6-4-2-3-5-15-10(19)16(7-9(17)18)8-11(12,13)14/h2-8H2,1H3,(H,15,19)(H,17,18). The van der Waals surface area contributed by atoms with Crippen molar-refractivity contribution in [3.8, 4) is 0 Å². The van der Waals surface area contributed by atoms with Crippen LogP contribution in [-0.4, -0.2) is 59.8 Å². The maximum absolute atomic E-state index is 12.2. The Kier molecular flexibility index (Phi) is 9.19. The molecule has 0 aliphatic carbocycles. The summed E-state index contributed by atoms with van der Waals surface area (Å²) >= 11 is 1.70. The topological polar surface area (TPSA) is 69.6 Å². The number of halogens is 3. The molecule has 0 radical (unpaired) electrons. The molecule has 0 saturated heterocycles. The molecule has 0 bridgehead atoms. The van der Waals surface area contributed by atoms with Crippen LogP contribution in [0.3, 0.4) is 0 Å². The van der Waals surface area contributed by atoms with Crippen LogP contribution in [-0.2, 0) is 4.79 Å². The molecule has 0 spiro atoms. The predicted molar refractivity (Wildman–Crippen MR) is 70.9 cm³/mol. The first-order valence-corrected chi connectivity index (χ1v) is 7.46. The molecule has 0 atom stereocenters. The van der Waals surface area contributed by atoms with Gasteiger partial charge in [0.05, 0.1) is 0 Å². The molecular weight excluding hydrogens is 297 g/mol. The summed E-state index contributed by atoms with van der Waals surface area (Å²) in [5.41, 5.74) is 0. The third-order valence-electron chi connectivity index (χ3n) is 2.28. The van der Waals surface area contributed by atoms with Gasteiger partial charge >= 0.3 is 18.2 Å². The Morgan fingerprint density at radius 1 is 1.25 bits per heavy atom. The molecule has 9 heteroatoms. The van der Waals surface area contributed by atoms with E-state index in [4.69, 9.17) is 5.11 Å². The zero-order valence-electron chi connectivity index (χ0n) is 11.2. The number of hydrogen-bond acceptors (Lipinski definition) is 3. The number of urea groups is 1. The Hall–Kier alpha value is -1.12. The average Bonchev–Trinajstić information content (AvgIpc) is 2.30. The Morgan fingerprint density at radius 2 is 1.90 bits per heavy atom. The molecule has 0 rings (SSSR count). The second-order valence-electron chi connectivity index (χ2n) is 4.15. The van der Waals surface area contributed by atoms with E-state index in [1.54, 1.807) is 11.8 Å². The number of hydrogen-bond donors (Lipinski definition) is 2. The number of carbonyl (C=O) groups excluding carboxylic acids is 1. The molecule has 2 N–H and O–H groups in total. The minimum absolute atomic E-state index is 0.237. The van der Waals surface area contributed by atoms with Gasteiger partial charge in [0.15, 0.2) is 0 Å². The van der Waals surface area contributed by atoms with Crippen LogP contribution in [0, 0.1) is 0 Å². The van der Waals surface area contributed by atoms with E-state index >= 15 is 0 Å². The highest BCUT2D eigenvalue weighted by Crippen LogP contribution is 2.16. The number of unbranched alkanes of at least 4 members (excludes halogenated alkanes) is 2. The van der Waals surface area contributed by atoms with Crippen LogP contribution in [0.2, 0.25) is 0 Å². The number of rotatable bonds is 9. The number of carbonyl (C=O) groups is 2. The minimum Gasteiger partial charge on any atom is -0.480 e. The monoisotopic (exact) mass is 316 g/mol. The van der Waals surface area contributed by atoms with Gasteiger partial charge in [-0.25, -0.2) is 4.79 Å². The first kappa shape index (κ1) is 18.9. The zero-order chi connectivity index (χ0) is 15.6. The van der Waals surface area contributed by atoms with Gasteiger partial charge in [0.25, 0.3) is 0 Å². The summed E-state index contributed by atoms with van der Waals surface area (Å²) in [5.74, 6) is -0.489. The van der Waals surface area contributed by atoms with Gasteiger partial charge in [-0.15, -0.1) is 0 Å². The molecule has 2 amide bonds. The zero-order valence-corrected chi connectivity index (χ0v) is 12.0. The molecule has 5 nitrogen and oxygen atoms in total. The van der Waals surface area contributed by atoms with Crippen molar-refractivity contribution in [2.75, 3.05) is 31.6 Å². The lowest BCUT2D eigenvalue weighted by molar-refractivity contribution is -0.148. The second-order valence-corrected chi connectivity index (χ2v) is 5.14. The Morgan fingerprint density at radius 3 is 2.40 bits per heavy atom. The second kappa shape index (κ2) is 9.73. The Bertz CT molecular complexity index is 314. The smallest absolute Gasteiger partial charge is 0.406 e. The summed E-state index contributed by atoms with van der Waals surface area (Å²) in [6.45, 7) is -2.31. The van der Waals surface area contributed by atoms with Crippen LogP contribution in [0.5, 0.6) is 0 Å². The van der Waals surface area contributed by atoms with Gasteiger partial charge in [0, 0.05) is 6.54 Å². The lowest BCUT2D eigenvalue weighted by Gasteiger charge is -2.22. The van der Waals surface area contributed by atoms with Gasteiger partial charge in [0.1, 0.15) is 13.1 Å². The summed E-state index contributed by atoms with van der Waals surface area (Å²) in [4.78, 5) is 22.2. The van der Waals surface area contributed by atoms with Crippen molar-refractivity contribution in [1.82, 2.24) is 10.2 Å². The van der Waals surface area contributed by atoms with Gasteiger partial charge in [-0.2, -0.15) is 24.9 Å². The van der Waals surface area contributed by atoms with E-state index in [0.717, 1.165) is 18.6 Å². The van der Waals surface area contributed by atoms with E-state index in [0.29, 0.717) is 6.42 Å². The Labute approximate surface area is 119 Å². The van der Waals surface area contributed by atoms with E-state index in [-0.39, 0.29) is 11.4 Å². The van der Waals surface area contributed by atoms with Crippen molar-refractivity contribution in [1.29, 1.82) is 0 Å². The van der Waals surface area contributed by atoms with Crippen molar-refractivity contribution in [2.45, 2.75) is 25.4 Å². The number of carboxylic acid groups (broad SMARTS) is 1. The maximum Gasteiger partial charge on any atom is 0.406 e. The van der Waals surface area contributed by atoms with Crippen molar-refractivity contribution < 1.29 is 27.9 Å². The summed E-state index contributed by atoms with van der Waals surface area (Å²) < 4.78 is 36.7. The normalized spacial score (nSPS) is 11.2. The van der Waals surface area contributed by atoms with Crippen LogP contribution < -0.4 is 5.32 Å². The van der Waals surface area contributed by atoms with Crippen molar-refractivity contribution in [3.05, 3.63) is 0 Å². The minimum atomic E-state index is -4.62. The fourth-order valence-corrected chi connectivity index (χ4v) is 1.93. The van der Waals surface area contributed by atoms with Crippen LogP contribution in [0.1, 0.15) is 19.3 Å². The lowest BCUT2D eigenvalue weighted by atomic mass is 10.2. The molecule has 0 aromatic rings. The lowest BCUT2D eigenvalue weighted by Crippen LogP contribution is -2.47. The maximum atomic E-state index is 12.2. The molecule has 0 fully saturated rings. The van der Waals surface area contributed by atoms with Crippen LogP contribution in [0.4, 0.5) is 18.0 Å². The van der Waals surface area contributed by atoms with Gasteiger partial charge < -0.3 is 15.3 Å². The molecule has 0 heterocycles. The molecule has 0 aliphatic rings. The summed E-state index contributed by atoms with van der Waals surface area (Å²) in [7, 11) is 0. The van der Waals surface area contributed by atoms with Crippen LogP contribution >= 0.6 is 11.8 Å². The number of nitrogens with one attached hydrogen (secondary N) is 1. The summed E-state index contributed by atoms with van der Waals surface area (Å²) in [6.07, 6.45) is -0.162. The van der Waals surface area contributed by atoms with Gasteiger partial charge in [-0.05, 0) is 24.9 Å². The average molecular weight is 316 g/mol. The van der Waals surface area contributed by atoms with Gasteiger partial charge in [-0.3, -0.25) is 4.79 Å². The van der Waals surface area contributed by atoms with Crippen LogP contribution in [0.15, 0.2) is 0 Å².